The van der Waals surface area contributed by atoms with Crippen molar-refractivity contribution < 1.29 is 4.21 Å². The van der Waals surface area contributed by atoms with Crippen molar-refractivity contribution in [2.24, 2.45) is 0 Å². The summed E-state index contributed by atoms with van der Waals surface area (Å²) in [6.07, 6.45) is 0. The molecule has 6 heteroatoms. The molecule has 0 aromatic carbocycles. The molecule has 32 valence electrons. The van der Waals surface area contributed by atoms with Crippen LogP contribution in [0.1, 0.15) is 0 Å². The Bertz CT molecular complexity index is 13.5. The summed E-state index contributed by atoms with van der Waals surface area (Å²) in [6, 6.07) is 0. The van der Waals surface area contributed by atoms with Crippen LogP contribution in [0.2, 0.25) is 0 Å². The molecule has 0 spiro atoms. The van der Waals surface area contributed by atoms with Crippen molar-refractivity contribution in [3.05, 3.63) is 0 Å². The van der Waals surface area contributed by atoms with Crippen molar-refractivity contribution in [1.82, 2.24) is 0 Å². The van der Waals surface area contributed by atoms with Gasteiger partial charge in [-0.25, -0.2) is 0 Å². The summed E-state index contributed by atoms with van der Waals surface area (Å²) in [5.74, 6) is 0. The zero-order chi connectivity index (χ0) is 6.00. The molecule has 0 aliphatic carbocycles. The van der Waals surface area contributed by atoms with Crippen molar-refractivity contribution in [1.29, 1.82) is 0 Å². The van der Waals surface area contributed by atoms with E-state index in [0.717, 1.165) is 47.4 Å². The van der Waals surface area contributed by atoms with Crippen molar-refractivity contribution in [2.75, 3.05) is 0 Å². The van der Waals surface area contributed by atoms with Gasteiger partial charge in [-0.3, -0.25) is 0 Å². The minimum atomic E-state index is 0.889. The maximum atomic E-state index is 7.83. The molecule has 1 nitrogen and oxygen atoms in total. The molecule has 0 heterocycles. The third-order valence-corrected chi connectivity index (χ3v) is 0. The Morgan fingerprint density at radius 1 is 0.833 bits per heavy atom. The van der Waals surface area contributed by atoms with Crippen LogP contribution in [0.5, 0.6) is 0 Å². The Hall–Kier alpha value is 2.30. The summed E-state index contributed by atoms with van der Waals surface area (Å²) < 4.78 is 7.83. The Morgan fingerprint density at radius 2 is 0.833 bits per heavy atom. The van der Waals surface area contributed by atoms with Gasteiger partial charge in [0.15, 0.2) is 12.5 Å². The molecule has 0 aliphatic rings. The van der Waals surface area contributed by atoms with E-state index in [1.54, 1.807) is 0 Å². The van der Waals surface area contributed by atoms with Crippen molar-refractivity contribution >= 4 is 77.2 Å². The molecule has 0 aromatic rings. The van der Waals surface area contributed by atoms with Gasteiger partial charge in [-0.2, -0.15) is 4.21 Å². The first-order chi connectivity index (χ1) is 3.00. The van der Waals surface area contributed by atoms with Gasteiger partial charge in [0.05, 0.1) is 0 Å². The second-order valence-corrected chi connectivity index (χ2v) is 0. The van der Waals surface area contributed by atoms with E-state index in [4.69, 9.17) is 4.21 Å². The van der Waals surface area contributed by atoms with E-state index in [1.807, 2.05) is 0 Å². The van der Waals surface area contributed by atoms with Crippen LogP contribution in [-0.2, 0) is 12.5 Å². The third kappa shape index (κ3) is 33.4. The Kier molecular flexibility index (Phi) is 144. The molecule has 0 aromatic heterocycles. The average Bonchev–Trinajstić information content (AvgIpc) is 1.81. The van der Waals surface area contributed by atoms with Gasteiger partial charge in [0, 0.05) is 0 Å². The fourth-order valence-corrected chi connectivity index (χ4v) is 0. The SMILES string of the molecule is O=S.[S]=[Pb].[S]=[Pb]. The summed E-state index contributed by atoms with van der Waals surface area (Å²) in [6.45, 7) is 0. The standard InChI is InChI=1S/OS.2Pb.2S/c1-2;;;;. The number of hydrogen-bond acceptors (Lipinski definition) is 4. The maximum absolute atomic E-state index is 7.83. The molecule has 0 aliphatic heterocycles. The first-order valence-corrected chi connectivity index (χ1v) is 11.2. The zero-order valence-electron chi connectivity index (χ0n) is 2.63. The molecule has 0 saturated heterocycles. The third-order valence-electron chi connectivity index (χ3n) is 0. The first kappa shape index (κ1) is 15.7. The van der Waals surface area contributed by atoms with E-state index in [0.29, 0.717) is 0 Å². The Morgan fingerprint density at radius 3 is 0.833 bits per heavy atom. The number of rotatable bonds is 0. The fourth-order valence-electron chi connectivity index (χ4n) is 0. The van der Waals surface area contributed by atoms with Crippen LogP contribution >= 0.6 is 17.3 Å². The van der Waals surface area contributed by atoms with Gasteiger partial charge in [0.1, 0.15) is 0 Å². The first-order valence-electron chi connectivity index (χ1n) is 0.575. The van der Waals surface area contributed by atoms with Gasteiger partial charge >= 0.3 is 64.7 Å². The van der Waals surface area contributed by atoms with Crippen LogP contribution in [0, 0.1) is 0 Å². The van der Waals surface area contributed by atoms with E-state index in [-0.39, 0.29) is 0 Å². The van der Waals surface area contributed by atoms with Crippen LogP contribution in [-0.4, -0.2) is 51.6 Å². The normalized spacial score (nSPS) is 2.00. The second-order valence-electron chi connectivity index (χ2n) is 0. The molecule has 0 saturated carbocycles. The summed E-state index contributed by atoms with van der Waals surface area (Å²) in [5.41, 5.74) is 0. The van der Waals surface area contributed by atoms with Crippen LogP contribution in [0.25, 0.3) is 0 Å². The van der Waals surface area contributed by atoms with Crippen LogP contribution < -0.4 is 0 Å². The van der Waals surface area contributed by atoms with Crippen LogP contribution in [0.4, 0.5) is 0 Å². The van der Waals surface area contributed by atoms with Crippen LogP contribution in [0.15, 0.2) is 0 Å². The van der Waals surface area contributed by atoms with Crippen LogP contribution in [0.3, 0.4) is 0 Å². The van der Waals surface area contributed by atoms with E-state index in [1.165, 1.54) is 0 Å². The molecule has 0 rings (SSSR count). The molecule has 6 heavy (non-hydrogen) atoms. The van der Waals surface area contributed by atoms with Gasteiger partial charge in [0.2, 0.25) is 0 Å². The van der Waals surface area contributed by atoms with E-state index in [9.17, 15) is 0 Å². The van der Waals surface area contributed by atoms with Gasteiger partial charge < -0.3 is 0 Å². The van der Waals surface area contributed by atoms with Gasteiger partial charge in [-0.15, -0.1) is 0 Å². The predicted molar refractivity (Wildman–Crippen MR) is 34.8 cm³/mol. The molecule has 0 bridgehead atoms. The van der Waals surface area contributed by atoms with Crippen molar-refractivity contribution in [3.8, 4) is 0 Å². The molecule has 0 N–H and O–H groups in total. The van der Waals surface area contributed by atoms with Crippen molar-refractivity contribution in [2.45, 2.75) is 0 Å². The minimum absolute atomic E-state index is 0.889. The summed E-state index contributed by atoms with van der Waals surface area (Å²) in [5, 5.41) is 0. The predicted octanol–water partition coefficient (Wildman–Crippen LogP) is 0.198. The van der Waals surface area contributed by atoms with E-state index < -0.39 is 0 Å². The number of hydrogen-bond donors (Lipinski definition) is 0. The topological polar surface area (TPSA) is 17.1 Å². The summed E-state index contributed by atoms with van der Waals surface area (Å²) in [4.78, 5) is 0. The van der Waals surface area contributed by atoms with E-state index in [2.05, 4.69) is 29.8 Å². The Balaban J connectivity index is -0.0000000225. The quantitative estimate of drug-likeness (QED) is 0.420. The Labute approximate surface area is 79.8 Å². The molecule has 4 radical (unpaired) electrons. The monoisotopic (exact) mass is 528 g/mol. The summed E-state index contributed by atoms with van der Waals surface area (Å²) in [7, 11) is 8.44. The van der Waals surface area contributed by atoms with Gasteiger partial charge in [-0.05, 0) is 0 Å². The second kappa shape index (κ2) is 54.7. The fraction of sp³-hybridized carbons (Fsp3) is 0. The molecule has 0 fully saturated rings. The van der Waals surface area contributed by atoms with E-state index >= 15 is 0 Å². The van der Waals surface area contributed by atoms with Crippen molar-refractivity contribution in [3.63, 3.8) is 0 Å². The zero-order valence-corrected chi connectivity index (χ0v) is 12.9. The average molecular weight is 527 g/mol. The van der Waals surface area contributed by atoms with Gasteiger partial charge in [-0.1, -0.05) is 0 Å². The van der Waals surface area contributed by atoms with Gasteiger partial charge in [0.25, 0.3) is 0 Å². The molecule has 0 atom stereocenters. The molecule has 0 amide bonds. The molecular weight excluding hydrogens is 527 g/mol. The molecule has 0 unspecified atom stereocenters. The summed E-state index contributed by atoms with van der Waals surface area (Å²) >= 11 is 4.61. The molecular formula is OPb2S3.